The molecule has 0 radical (unpaired) electrons. The third kappa shape index (κ3) is 3.32. The molecular formula is C19H18N4O3. The molecular weight excluding hydrogens is 332 g/mol. The molecule has 0 aliphatic carbocycles. The van der Waals surface area contributed by atoms with Gasteiger partial charge in [0.1, 0.15) is 6.04 Å². The summed E-state index contributed by atoms with van der Waals surface area (Å²) in [5.41, 5.74) is 8.32. The molecule has 1 aromatic heterocycles. The van der Waals surface area contributed by atoms with Crippen LogP contribution in [0.5, 0.6) is 0 Å². The Bertz CT molecular complexity index is 1020. The standard InChI is InChI=1S/C19H18N4O3/c1-10(18(20)25)21-19(26)14-6-7-16-15(9-14)17(23-22-16)13-5-3-4-12(8-13)11(2)24/h3-10H,1-2H3,(H2,20,25)(H,21,26)(H,22,23)/t10-/m0/s1. The van der Waals surface area contributed by atoms with Gasteiger partial charge in [-0.3, -0.25) is 19.5 Å². The summed E-state index contributed by atoms with van der Waals surface area (Å²) in [7, 11) is 0. The topological polar surface area (TPSA) is 118 Å². The Hall–Kier alpha value is -3.48. The molecule has 0 spiro atoms. The van der Waals surface area contributed by atoms with Crippen LogP contribution in [0.25, 0.3) is 22.2 Å². The van der Waals surface area contributed by atoms with E-state index in [9.17, 15) is 14.4 Å². The molecule has 3 rings (SSSR count). The molecule has 2 aromatic carbocycles. The smallest absolute Gasteiger partial charge is 0.251 e. The van der Waals surface area contributed by atoms with E-state index in [1.54, 1.807) is 36.4 Å². The van der Waals surface area contributed by atoms with Gasteiger partial charge >= 0.3 is 0 Å². The highest BCUT2D eigenvalue weighted by Crippen LogP contribution is 2.27. The maximum absolute atomic E-state index is 12.3. The van der Waals surface area contributed by atoms with Crippen LogP contribution in [0.2, 0.25) is 0 Å². The third-order valence-electron chi connectivity index (χ3n) is 4.14. The van der Waals surface area contributed by atoms with Crippen LogP contribution in [0.4, 0.5) is 0 Å². The van der Waals surface area contributed by atoms with Crippen molar-refractivity contribution in [2.75, 3.05) is 0 Å². The van der Waals surface area contributed by atoms with Gasteiger partial charge in [0.25, 0.3) is 5.91 Å². The summed E-state index contributed by atoms with van der Waals surface area (Å²) >= 11 is 0. The number of nitrogens with zero attached hydrogens (tertiary/aromatic N) is 1. The Morgan fingerprint density at radius 2 is 1.88 bits per heavy atom. The van der Waals surface area contributed by atoms with Crippen LogP contribution in [-0.2, 0) is 4.79 Å². The molecule has 0 bridgehead atoms. The van der Waals surface area contributed by atoms with Crippen LogP contribution in [0.1, 0.15) is 34.6 Å². The van der Waals surface area contributed by atoms with Crippen LogP contribution in [0.3, 0.4) is 0 Å². The van der Waals surface area contributed by atoms with Gasteiger partial charge in [-0.05, 0) is 38.1 Å². The van der Waals surface area contributed by atoms with Crippen LogP contribution in [0.15, 0.2) is 42.5 Å². The summed E-state index contributed by atoms with van der Waals surface area (Å²) in [6.45, 7) is 3.03. The number of hydrogen-bond donors (Lipinski definition) is 3. The molecule has 0 saturated heterocycles. The monoisotopic (exact) mass is 350 g/mol. The average Bonchev–Trinajstić information content (AvgIpc) is 3.04. The Labute approximate surface area is 149 Å². The fraction of sp³-hybridized carbons (Fsp3) is 0.158. The molecule has 4 N–H and O–H groups in total. The molecule has 2 amide bonds. The van der Waals surface area contributed by atoms with Crippen molar-refractivity contribution in [3.63, 3.8) is 0 Å². The van der Waals surface area contributed by atoms with Crippen LogP contribution < -0.4 is 11.1 Å². The van der Waals surface area contributed by atoms with Gasteiger partial charge in [-0.1, -0.05) is 18.2 Å². The molecule has 0 aliphatic rings. The number of amides is 2. The number of fused-ring (bicyclic) bond motifs is 1. The maximum Gasteiger partial charge on any atom is 0.251 e. The minimum Gasteiger partial charge on any atom is -0.368 e. The minimum absolute atomic E-state index is 0.0350. The molecule has 1 atom stereocenters. The van der Waals surface area contributed by atoms with Gasteiger partial charge < -0.3 is 11.1 Å². The number of rotatable bonds is 5. The van der Waals surface area contributed by atoms with E-state index < -0.39 is 17.9 Å². The van der Waals surface area contributed by atoms with Crippen molar-refractivity contribution in [3.8, 4) is 11.3 Å². The fourth-order valence-electron chi connectivity index (χ4n) is 2.61. The molecule has 0 fully saturated rings. The maximum atomic E-state index is 12.3. The first-order valence-electron chi connectivity index (χ1n) is 8.06. The Balaban J connectivity index is 2.01. The van der Waals surface area contributed by atoms with Gasteiger partial charge in [-0.2, -0.15) is 5.10 Å². The van der Waals surface area contributed by atoms with E-state index in [-0.39, 0.29) is 5.78 Å². The van der Waals surface area contributed by atoms with Gasteiger partial charge in [0, 0.05) is 22.1 Å². The summed E-state index contributed by atoms with van der Waals surface area (Å²) in [6, 6.07) is 11.4. The number of aromatic amines is 1. The van der Waals surface area contributed by atoms with Crippen LogP contribution in [-0.4, -0.2) is 33.8 Å². The highest BCUT2D eigenvalue weighted by atomic mass is 16.2. The van der Waals surface area contributed by atoms with E-state index in [4.69, 9.17) is 5.73 Å². The van der Waals surface area contributed by atoms with Crippen molar-refractivity contribution in [2.24, 2.45) is 5.73 Å². The van der Waals surface area contributed by atoms with E-state index in [1.807, 2.05) is 6.07 Å². The molecule has 7 heteroatoms. The lowest BCUT2D eigenvalue weighted by Gasteiger charge is -2.10. The first-order valence-corrected chi connectivity index (χ1v) is 8.06. The van der Waals surface area contributed by atoms with Crippen LogP contribution >= 0.6 is 0 Å². The molecule has 26 heavy (non-hydrogen) atoms. The first-order chi connectivity index (χ1) is 12.4. The molecule has 0 unspecified atom stereocenters. The highest BCUT2D eigenvalue weighted by Gasteiger charge is 2.16. The normalized spacial score (nSPS) is 11.9. The number of benzene rings is 2. The van der Waals surface area contributed by atoms with Crippen molar-refractivity contribution >= 4 is 28.5 Å². The van der Waals surface area contributed by atoms with Crippen molar-refractivity contribution in [1.29, 1.82) is 0 Å². The molecule has 0 saturated carbocycles. The van der Waals surface area contributed by atoms with Crippen molar-refractivity contribution in [2.45, 2.75) is 19.9 Å². The number of H-pyrrole nitrogens is 1. The van der Waals surface area contributed by atoms with Gasteiger partial charge in [0.15, 0.2) is 5.78 Å². The number of aromatic nitrogens is 2. The number of nitrogens with one attached hydrogen (secondary N) is 2. The van der Waals surface area contributed by atoms with E-state index in [0.717, 1.165) is 16.5 Å². The number of nitrogens with two attached hydrogens (primary N) is 1. The lowest BCUT2D eigenvalue weighted by atomic mass is 10.0. The average molecular weight is 350 g/mol. The van der Waals surface area contributed by atoms with Crippen LogP contribution in [0, 0.1) is 0 Å². The Morgan fingerprint density at radius 3 is 2.58 bits per heavy atom. The molecule has 0 aliphatic heterocycles. The fourth-order valence-corrected chi connectivity index (χ4v) is 2.61. The quantitative estimate of drug-likeness (QED) is 0.610. The lowest BCUT2D eigenvalue weighted by Crippen LogP contribution is -2.42. The number of ketones is 1. The first kappa shape index (κ1) is 17.3. The van der Waals surface area contributed by atoms with E-state index >= 15 is 0 Å². The molecule has 132 valence electrons. The largest absolute Gasteiger partial charge is 0.368 e. The Morgan fingerprint density at radius 1 is 1.12 bits per heavy atom. The van der Waals surface area contributed by atoms with Crippen molar-refractivity contribution in [3.05, 3.63) is 53.6 Å². The number of Topliss-reactive ketones (excluding diaryl/α,β-unsaturated/α-hetero) is 1. The predicted octanol–water partition coefficient (Wildman–Crippen LogP) is 2.04. The van der Waals surface area contributed by atoms with E-state index in [2.05, 4.69) is 15.5 Å². The predicted molar refractivity (Wildman–Crippen MR) is 97.7 cm³/mol. The number of hydrogen-bond acceptors (Lipinski definition) is 4. The SMILES string of the molecule is CC(=O)c1cccc(-c2n[nH]c3ccc(C(=O)N[C@@H](C)C(N)=O)cc23)c1. The summed E-state index contributed by atoms with van der Waals surface area (Å²) in [6.07, 6.45) is 0. The zero-order valence-electron chi connectivity index (χ0n) is 14.4. The zero-order chi connectivity index (χ0) is 18.8. The summed E-state index contributed by atoms with van der Waals surface area (Å²) in [4.78, 5) is 35.1. The summed E-state index contributed by atoms with van der Waals surface area (Å²) < 4.78 is 0. The number of carbonyl (C=O) groups excluding carboxylic acids is 3. The van der Waals surface area contributed by atoms with E-state index in [0.29, 0.717) is 16.8 Å². The zero-order valence-corrected chi connectivity index (χ0v) is 14.4. The van der Waals surface area contributed by atoms with E-state index in [1.165, 1.54) is 13.8 Å². The van der Waals surface area contributed by atoms with Gasteiger partial charge in [-0.15, -0.1) is 0 Å². The number of primary amides is 1. The second-order valence-corrected chi connectivity index (χ2v) is 6.07. The van der Waals surface area contributed by atoms with Crippen molar-refractivity contribution < 1.29 is 14.4 Å². The summed E-state index contributed by atoms with van der Waals surface area (Å²) in [5.74, 6) is -1.04. The Kier molecular flexibility index (Phi) is 4.53. The molecule has 7 nitrogen and oxygen atoms in total. The number of carbonyl (C=O) groups is 3. The van der Waals surface area contributed by atoms with Gasteiger partial charge in [0.2, 0.25) is 5.91 Å². The minimum atomic E-state index is -0.769. The van der Waals surface area contributed by atoms with Crippen molar-refractivity contribution in [1.82, 2.24) is 15.5 Å². The highest BCUT2D eigenvalue weighted by molar-refractivity contribution is 6.03. The summed E-state index contributed by atoms with van der Waals surface area (Å²) in [5, 5.41) is 10.5. The lowest BCUT2D eigenvalue weighted by molar-refractivity contribution is -0.119. The molecule has 1 heterocycles. The van der Waals surface area contributed by atoms with Gasteiger partial charge in [0.05, 0.1) is 11.2 Å². The third-order valence-corrected chi connectivity index (χ3v) is 4.14. The van der Waals surface area contributed by atoms with Gasteiger partial charge in [-0.25, -0.2) is 0 Å². The molecule has 3 aromatic rings. The second kappa shape index (κ2) is 6.79. The second-order valence-electron chi connectivity index (χ2n) is 6.07.